The number of para-hydroxylation sites is 1. The van der Waals surface area contributed by atoms with Gasteiger partial charge >= 0.3 is 0 Å². The maximum absolute atomic E-state index is 6.31. The first-order valence-electron chi connectivity index (χ1n) is 7.60. The van der Waals surface area contributed by atoms with Crippen molar-refractivity contribution in [3.63, 3.8) is 0 Å². The molecule has 0 aliphatic rings. The van der Waals surface area contributed by atoms with E-state index < -0.39 is 0 Å². The topological polar surface area (TPSA) is 30.9 Å². The molecule has 0 unspecified atom stereocenters. The minimum atomic E-state index is 0.0847. The van der Waals surface area contributed by atoms with Crippen molar-refractivity contribution in [2.24, 2.45) is 12.8 Å². The van der Waals surface area contributed by atoms with E-state index in [4.69, 9.17) is 17.3 Å². The first-order valence-corrected chi connectivity index (χ1v) is 7.98. The van der Waals surface area contributed by atoms with Gasteiger partial charge in [0, 0.05) is 41.1 Å². The van der Waals surface area contributed by atoms with Gasteiger partial charge in [0.05, 0.1) is 0 Å². The summed E-state index contributed by atoms with van der Waals surface area (Å²) in [5.74, 6) is 0.285. The number of fused-ring (bicyclic) bond motifs is 1. The van der Waals surface area contributed by atoms with E-state index in [-0.39, 0.29) is 12.0 Å². The summed E-state index contributed by atoms with van der Waals surface area (Å²) in [6.07, 6.45) is 3.14. The van der Waals surface area contributed by atoms with Crippen LogP contribution in [0.5, 0.6) is 0 Å². The Bertz CT molecular complexity index is 772. The van der Waals surface area contributed by atoms with Crippen molar-refractivity contribution in [3.8, 4) is 0 Å². The summed E-state index contributed by atoms with van der Waals surface area (Å²) in [6.45, 7) is 2.09. The molecule has 114 valence electrons. The Morgan fingerprint density at radius 3 is 2.45 bits per heavy atom. The molecule has 0 radical (unpaired) electrons. The number of halogens is 1. The largest absolute Gasteiger partial charge is 0.350 e. The van der Waals surface area contributed by atoms with Crippen LogP contribution in [-0.4, -0.2) is 10.6 Å². The Labute approximate surface area is 136 Å². The molecule has 0 amide bonds. The van der Waals surface area contributed by atoms with E-state index in [1.807, 2.05) is 12.1 Å². The highest BCUT2D eigenvalue weighted by molar-refractivity contribution is 6.30. The van der Waals surface area contributed by atoms with Crippen molar-refractivity contribution in [1.29, 1.82) is 0 Å². The molecule has 2 nitrogen and oxygen atoms in total. The number of benzene rings is 2. The number of nitrogens with zero attached hydrogens (tertiary/aromatic N) is 1. The highest BCUT2D eigenvalue weighted by atomic mass is 35.5. The van der Waals surface area contributed by atoms with Crippen LogP contribution in [0.4, 0.5) is 0 Å². The Hall–Kier alpha value is -1.77. The normalized spacial score (nSPS) is 14.2. The van der Waals surface area contributed by atoms with Crippen LogP contribution in [0.3, 0.4) is 0 Å². The molecule has 1 aromatic heterocycles. The van der Waals surface area contributed by atoms with E-state index in [9.17, 15) is 0 Å². The number of hydrogen-bond acceptors (Lipinski definition) is 1. The van der Waals surface area contributed by atoms with Gasteiger partial charge in [-0.05, 0) is 42.7 Å². The van der Waals surface area contributed by atoms with Crippen LogP contribution < -0.4 is 5.73 Å². The zero-order valence-corrected chi connectivity index (χ0v) is 13.7. The van der Waals surface area contributed by atoms with E-state index in [0.29, 0.717) is 0 Å². The van der Waals surface area contributed by atoms with E-state index in [1.54, 1.807) is 0 Å². The van der Waals surface area contributed by atoms with Crippen LogP contribution >= 0.6 is 11.6 Å². The lowest BCUT2D eigenvalue weighted by Gasteiger charge is -2.21. The van der Waals surface area contributed by atoms with Crippen molar-refractivity contribution in [1.82, 2.24) is 4.57 Å². The van der Waals surface area contributed by atoms with Crippen molar-refractivity contribution in [2.45, 2.75) is 25.3 Å². The molecular formula is C19H21ClN2. The van der Waals surface area contributed by atoms with Crippen molar-refractivity contribution < 1.29 is 0 Å². The fourth-order valence-corrected chi connectivity index (χ4v) is 3.25. The minimum Gasteiger partial charge on any atom is -0.350 e. The zero-order valence-electron chi connectivity index (χ0n) is 13.0. The third-order valence-electron chi connectivity index (χ3n) is 4.33. The van der Waals surface area contributed by atoms with Crippen molar-refractivity contribution in [2.75, 3.05) is 0 Å². The van der Waals surface area contributed by atoms with E-state index in [1.165, 1.54) is 22.0 Å². The maximum atomic E-state index is 6.31. The van der Waals surface area contributed by atoms with Gasteiger partial charge in [-0.3, -0.25) is 0 Å². The van der Waals surface area contributed by atoms with Crippen molar-refractivity contribution >= 4 is 22.5 Å². The van der Waals surface area contributed by atoms with Gasteiger partial charge in [-0.1, -0.05) is 41.9 Å². The van der Waals surface area contributed by atoms with Gasteiger partial charge in [0.25, 0.3) is 0 Å². The predicted octanol–water partition coefficient (Wildman–Crippen LogP) is 4.51. The van der Waals surface area contributed by atoms with Crippen molar-refractivity contribution in [3.05, 3.63) is 70.9 Å². The van der Waals surface area contributed by atoms with Gasteiger partial charge in [0.15, 0.2) is 0 Å². The zero-order chi connectivity index (χ0) is 15.7. The van der Waals surface area contributed by atoms with Crippen LogP contribution in [0, 0.1) is 0 Å². The average molecular weight is 313 g/mol. The fraction of sp³-hybridized carbons (Fsp3) is 0.263. The Morgan fingerprint density at radius 2 is 1.77 bits per heavy atom. The number of nitrogens with two attached hydrogens (primary N) is 1. The van der Waals surface area contributed by atoms with Gasteiger partial charge in [-0.2, -0.15) is 0 Å². The molecular weight excluding hydrogens is 292 g/mol. The molecule has 0 spiro atoms. The smallest absolute Gasteiger partial charge is 0.0480 e. The van der Waals surface area contributed by atoms with Crippen LogP contribution in [0.1, 0.15) is 24.0 Å². The molecule has 0 saturated heterocycles. The standard InChI is InChI=1S/C19H21ClN2/c1-13(21)17(11-14-7-9-15(20)10-8-14)18-12-22(2)19-6-4-3-5-16(18)19/h3-10,12-13,17H,11,21H2,1-2H3/t13-,17+/m1/s1. The van der Waals surface area contributed by atoms with Gasteiger partial charge in [0.1, 0.15) is 0 Å². The molecule has 22 heavy (non-hydrogen) atoms. The van der Waals surface area contributed by atoms with E-state index in [0.717, 1.165) is 11.4 Å². The number of rotatable bonds is 4. The summed E-state index contributed by atoms with van der Waals surface area (Å²) in [4.78, 5) is 0. The molecule has 2 N–H and O–H groups in total. The van der Waals surface area contributed by atoms with Gasteiger partial charge in [0.2, 0.25) is 0 Å². The third-order valence-corrected chi connectivity index (χ3v) is 4.58. The molecule has 0 aliphatic carbocycles. The second-order valence-electron chi connectivity index (χ2n) is 6.01. The second-order valence-corrected chi connectivity index (χ2v) is 6.45. The van der Waals surface area contributed by atoms with E-state index >= 15 is 0 Å². The Kier molecular flexibility index (Phi) is 4.23. The first kappa shape index (κ1) is 15.1. The molecule has 2 atom stereocenters. The highest BCUT2D eigenvalue weighted by Gasteiger charge is 2.21. The number of aromatic nitrogens is 1. The number of hydrogen-bond donors (Lipinski definition) is 1. The molecule has 0 saturated carbocycles. The molecule has 0 aliphatic heterocycles. The summed E-state index contributed by atoms with van der Waals surface area (Å²) < 4.78 is 2.18. The second kappa shape index (κ2) is 6.15. The summed E-state index contributed by atoms with van der Waals surface area (Å²) >= 11 is 5.98. The lowest BCUT2D eigenvalue weighted by Crippen LogP contribution is -2.26. The van der Waals surface area contributed by atoms with Gasteiger partial charge in [-0.25, -0.2) is 0 Å². The third kappa shape index (κ3) is 2.90. The Balaban J connectivity index is 2.01. The van der Waals surface area contributed by atoms with Gasteiger partial charge < -0.3 is 10.3 Å². The molecule has 2 aromatic carbocycles. The molecule has 3 heteroatoms. The summed E-state index contributed by atoms with van der Waals surface area (Å²) in [5.41, 5.74) is 10.1. The number of aryl methyl sites for hydroxylation is 1. The monoisotopic (exact) mass is 312 g/mol. The molecule has 1 heterocycles. The summed E-state index contributed by atoms with van der Waals surface area (Å²) in [7, 11) is 2.09. The van der Waals surface area contributed by atoms with Crippen LogP contribution in [0.15, 0.2) is 54.7 Å². The predicted molar refractivity (Wildman–Crippen MR) is 94.5 cm³/mol. The average Bonchev–Trinajstić information content (AvgIpc) is 2.84. The highest BCUT2D eigenvalue weighted by Crippen LogP contribution is 2.31. The van der Waals surface area contributed by atoms with Crippen LogP contribution in [0.25, 0.3) is 10.9 Å². The quantitative estimate of drug-likeness (QED) is 0.755. The summed E-state index contributed by atoms with van der Waals surface area (Å²) in [6, 6.07) is 16.6. The lowest BCUT2D eigenvalue weighted by molar-refractivity contribution is 0.567. The van der Waals surface area contributed by atoms with E-state index in [2.05, 4.69) is 61.1 Å². The molecule has 3 rings (SSSR count). The SMILES string of the molecule is C[C@@H](N)[C@H](Cc1ccc(Cl)cc1)c1cn(C)c2ccccc12. The van der Waals surface area contributed by atoms with Crippen LogP contribution in [-0.2, 0) is 13.5 Å². The fourth-order valence-electron chi connectivity index (χ4n) is 3.12. The molecule has 3 aromatic rings. The first-order chi connectivity index (χ1) is 10.6. The van der Waals surface area contributed by atoms with Gasteiger partial charge in [-0.15, -0.1) is 0 Å². The molecule has 0 fully saturated rings. The Morgan fingerprint density at radius 1 is 1.09 bits per heavy atom. The lowest BCUT2D eigenvalue weighted by atomic mass is 9.87. The van der Waals surface area contributed by atoms with Crippen LogP contribution in [0.2, 0.25) is 5.02 Å². The summed E-state index contributed by atoms with van der Waals surface area (Å²) in [5, 5.41) is 2.06. The molecule has 0 bridgehead atoms. The minimum absolute atomic E-state index is 0.0847. The maximum Gasteiger partial charge on any atom is 0.0480 e.